The molecule has 0 unspecified atom stereocenters. The van der Waals surface area contributed by atoms with Crippen molar-refractivity contribution in [3.63, 3.8) is 0 Å². The molecule has 0 N–H and O–H groups in total. The van der Waals surface area contributed by atoms with Crippen LogP contribution in [0, 0.1) is 0 Å². The van der Waals surface area contributed by atoms with E-state index < -0.39 is 0 Å². The summed E-state index contributed by atoms with van der Waals surface area (Å²) in [7, 11) is 1.98. The molecule has 0 saturated carbocycles. The van der Waals surface area contributed by atoms with Crippen LogP contribution in [0.4, 0.5) is 0 Å². The monoisotopic (exact) mass is 234 g/mol. The van der Waals surface area contributed by atoms with Crippen molar-refractivity contribution in [2.45, 2.75) is 24.3 Å². The van der Waals surface area contributed by atoms with E-state index in [4.69, 9.17) is 0 Å². The second-order valence-corrected chi connectivity index (χ2v) is 4.37. The molecule has 0 spiro atoms. The number of hydrogen-bond acceptors (Lipinski definition) is 4. The molecule has 2 aromatic rings. The summed E-state index contributed by atoms with van der Waals surface area (Å²) >= 11 is 1.61. The Labute approximate surface area is 99.1 Å². The van der Waals surface area contributed by atoms with Crippen LogP contribution >= 0.6 is 11.8 Å². The fourth-order valence-corrected chi connectivity index (χ4v) is 2.16. The van der Waals surface area contributed by atoms with Crippen LogP contribution in [-0.4, -0.2) is 19.7 Å². The molecular weight excluding hydrogens is 220 g/mol. The van der Waals surface area contributed by atoms with Gasteiger partial charge in [0.15, 0.2) is 5.16 Å². The predicted molar refractivity (Wildman–Crippen MR) is 64.2 cm³/mol. The molecule has 5 heteroatoms. The molecule has 0 amide bonds. The highest BCUT2D eigenvalue weighted by molar-refractivity contribution is 7.98. The van der Waals surface area contributed by atoms with Crippen molar-refractivity contribution in [2.24, 2.45) is 7.05 Å². The molecule has 4 nitrogen and oxygen atoms in total. The van der Waals surface area contributed by atoms with Crippen LogP contribution in [0.2, 0.25) is 0 Å². The number of nitrogens with zero attached hydrogens (tertiary/aromatic N) is 4. The third-order valence-electron chi connectivity index (χ3n) is 2.28. The Kier molecular flexibility index (Phi) is 3.56. The van der Waals surface area contributed by atoms with Crippen LogP contribution in [0.3, 0.4) is 0 Å². The van der Waals surface area contributed by atoms with Gasteiger partial charge >= 0.3 is 0 Å². The van der Waals surface area contributed by atoms with Gasteiger partial charge in [0.25, 0.3) is 0 Å². The molecule has 0 radical (unpaired) electrons. The van der Waals surface area contributed by atoms with Crippen molar-refractivity contribution in [1.82, 2.24) is 19.7 Å². The van der Waals surface area contributed by atoms with E-state index in [1.165, 1.54) is 5.69 Å². The van der Waals surface area contributed by atoms with E-state index in [0.29, 0.717) is 0 Å². The quantitative estimate of drug-likeness (QED) is 0.600. The van der Waals surface area contributed by atoms with E-state index in [2.05, 4.69) is 28.1 Å². The first kappa shape index (κ1) is 11.1. The third kappa shape index (κ3) is 2.61. The van der Waals surface area contributed by atoms with Gasteiger partial charge in [-0.15, -0.1) is 0 Å². The summed E-state index contributed by atoms with van der Waals surface area (Å²) in [6.45, 7) is 2.13. The minimum Gasteiger partial charge on any atom is -0.272 e. The lowest BCUT2D eigenvalue weighted by Gasteiger charge is -1.95. The molecule has 0 aliphatic rings. The van der Waals surface area contributed by atoms with Gasteiger partial charge in [-0.1, -0.05) is 18.7 Å². The van der Waals surface area contributed by atoms with E-state index in [0.717, 1.165) is 23.0 Å². The van der Waals surface area contributed by atoms with E-state index in [9.17, 15) is 0 Å². The fraction of sp³-hybridized carbons (Fsp3) is 0.364. The fourth-order valence-electron chi connectivity index (χ4n) is 1.47. The van der Waals surface area contributed by atoms with Crippen molar-refractivity contribution >= 4 is 11.8 Å². The first-order valence-electron chi connectivity index (χ1n) is 5.21. The van der Waals surface area contributed by atoms with Gasteiger partial charge in [0.2, 0.25) is 0 Å². The zero-order chi connectivity index (χ0) is 11.4. The SMILES string of the molecule is CCc1cc(CSc2ncccn2)nn1C. The minimum atomic E-state index is 0.797. The molecule has 0 atom stereocenters. The average Bonchev–Trinajstić information content (AvgIpc) is 2.69. The lowest BCUT2D eigenvalue weighted by atomic mass is 10.3. The molecular formula is C11H14N4S. The van der Waals surface area contributed by atoms with E-state index in [1.54, 1.807) is 24.2 Å². The lowest BCUT2D eigenvalue weighted by Crippen LogP contribution is -1.96. The van der Waals surface area contributed by atoms with Gasteiger partial charge in [-0.05, 0) is 18.6 Å². The van der Waals surface area contributed by atoms with Crippen LogP contribution in [0.25, 0.3) is 0 Å². The highest BCUT2D eigenvalue weighted by Crippen LogP contribution is 2.18. The largest absolute Gasteiger partial charge is 0.272 e. The summed E-state index contributed by atoms with van der Waals surface area (Å²) in [5.74, 6) is 0.817. The van der Waals surface area contributed by atoms with Gasteiger partial charge in [-0.3, -0.25) is 4.68 Å². The Morgan fingerprint density at radius 3 is 2.69 bits per heavy atom. The number of aryl methyl sites for hydroxylation is 2. The second kappa shape index (κ2) is 5.12. The van der Waals surface area contributed by atoms with Gasteiger partial charge in [0, 0.05) is 30.9 Å². The highest BCUT2D eigenvalue weighted by Gasteiger charge is 2.04. The minimum absolute atomic E-state index is 0.797. The van der Waals surface area contributed by atoms with E-state index >= 15 is 0 Å². The van der Waals surface area contributed by atoms with Gasteiger partial charge in [-0.2, -0.15) is 5.10 Å². The summed E-state index contributed by atoms with van der Waals surface area (Å²) in [4.78, 5) is 8.32. The van der Waals surface area contributed by atoms with E-state index in [1.807, 2.05) is 17.8 Å². The molecule has 0 bridgehead atoms. The van der Waals surface area contributed by atoms with Crippen LogP contribution in [0.1, 0.15) is 18.3 Å². The molecule has 0 aliphatic heterocycles. The first-order chi connectivity index (χ1) is 7.79. The topological polar surface area (TPSA) is 43.6 Å². The van der Waals surface area contributed by atoms with Gasteiger partial charge in [0.05, 0.1) is 5.69 Å². The molecule has 2 heterocycles. The zero-order valence-corrected chi connectivity index (χ0v) is 10.2. The lowest BCUT2D eigenvalue weighted by molar-refractivity contribution is 0.710. The summed E-state index contributed by atoms with van der Waals surface area (Å²) in [6.07, 6.45) is 4.52. The van der Waals surface area contributed by atoms with Gasteiger partial charge in [-0.25, -0.2) is 9.97 Å². The summed E-state index contributed by atoms with van der Waals surface area (Å²) < 4.78 is 1.93. The van der Waals surface area contributed by atoms with Crippen molar-refractivity contribution < 1.29 is 0 Å². The van der Waals surface area contributed by atoms with Crippen molar-refractivity contribution in [3.8, 4) is 0 Å². The second-order valence-electron chi connectivity index (χ2n) is 3.42. The van der Waals surface area contributed by atoms with Crippen molar-refractivity contribution in [2.75, 3.05) is 0 Å². The smallest absolute Gasteiger partial charge is 0.187 e. The molecule has 0 aliphatic carbocycles. The number of thioether (sulfide) groups is 1. The van der Waals surface area contributed by atoms with Crippen LogP contribution in [0.15, 0.2) is 29.7 Å². The number of aromatic nitrogens is 4. The van der Waals surface area contributed by atoms with Crippen LogP contribution in [-0.2, 0) is 19.2 Å². The Hall–Kier alpha value is -1.36. The molecule has 2 aromatic heterocycles. The predicted octanol–water partition coefficient (Wildman–Crippen LogP) is 2.06. The molecule has 0 aromatic carbocycles. The first-order valence-corrected chi connectivity index (χ1v) is 6.19. The maximum absolute atomic E-state index is 4.44. The third-order valence-corrected chi connectivity index (χ3v) is 3.19. The van der Waals surface area contributed by atoms with Crippen LogP contribution in [0.5, 0.6) is 0 Å². The molecule has 0 fully saturated rings. The molecule has 16 heavy (non-hydrogen) atoms. The zero-order valence-electron chi connectivity index (χ0n) is 9.42. The highest BCUT2D eigenvalue weighted by atomic mass is 32.2. The average molecular weight is 234 g/mol. The van der Waals surface area contributed by atoms with Gasteiger partial charge in [0.1, 0.15) is 0 Å². The Morgan fingerprint density at radius 2 is 2.06 bits per heavy atom. The van der Waals surface area contributed by atoms with E-state index in [-0.39, 0.29) is 0 Å². The Balaban J connectivity index is 2.00. The van der Waals surface area contributed by atoms with Crippen molar-refractivity contribution in [1.29, 1.82) is 0 Å². The number of hydrogen-bond donors (Lipinski definition) is 0. The number of rotatable bonds is 4. The Bertz CT molecular complexity index is 452. The van der Waals surface area contributed by atoms with Crippen molar-refractivity contribution in [3.05, 3.63) is 35.9 Å². The van der Waals surface area contributed by atoms with Crippen LogP contribution < -0.4 is 0 Å². The summed E-state index contributed by atoms with van der Waals surface area (Å²) in [5.41, 5.74) is 2.33. The molecule has 84 valence electrons. The Morgan fingerprint density at radius 1 is 1.31 bits per heavy atom. The summed E-state index contributed by atoms with van der Waals surface area (Å²) in [5, 5.41) is 5.23. The summed E-state index contributed by atoms with van der Waals surface area (Å²) in [6, 6.07) is 3.95. The normalized spacial score (nSPS) is 10.6. The standard InChI is InChI=1S/C11H14N4S/c1-3-10-7-9(14-15(10)2)8-16-11-12-5-4-6-13-11/h4-7H,3,8H2,1-2H3. The van der Waals surface area contributed by atoms with Gasteiger partial charge < -0.3 is 0 Å². The molecule has 0 saturated heterocycles. The maximum atomic E-state index is 4.44. The molecule has 2 rings (SSSR count). The maximum Gasteiger partial charge on any atom is 0.187 e.